The first-order chi connectivity index (χ1) is 11.9. The van der Waals surface area contributed by atoms with Crippen molar-refractivity contribution in [1.29, 1.82) is 0 Å². The van der Waals surface area contributed by atoms with E-state index in [1.807, 2.05) is 13.8 Å². The van der Waals surface area contributed by atoms with Crippen molar-refractivity contribution in [2.24, 2.45) is 0 Å². The lowest BCUT2D eigenvalue weighted by Crippen LogP contribution is -2.48. The number of ether oxygens (including phenoxy) is 1. The van der Waals surface area contributed by atoms with Crippen LogP contribution in [0.2, 0.25) is 10.0 Å². The molecule has 2 heterocycles. The van der Waals surface area contributed by atoms with E-state index in [1.165, 1.54) is 0 Å². The maximum absolute atomic E-state index is 12.3. The number of morpholine rings is 1. The highest BCUT2D eigenvalue weighted by molar-refractivity contribution is 6.35. The second kappa shape index (κ2) is 7.74. The molecule has 2 atom stereocenters. The average Bonchev–Trinajstić information content (AvgIpc) is 2.93. The van der Waals surface area contributed by atoms with Gasteiger partial charge in [0, 0.05) is 30.4 Å². The van der Waals surface area contributed by atoms with Gasteiger partial charge < -0.3 is 10.1 Å². The van der Waals surface area contributed by atoms with Crippen molar-refractivity contribution in [3.05, 3.63) is 40.5 Å². The lowest BCUT2D eigenvalue weighted by molar-refractivity contribution is -0.121. The molecule has 2 unspecified atom stereocenters. The van der Waals surface area contributed by atoms with Crippen LogP contribution in [0.25, 0.3) is 5.69 Å². The van der Waals surface area contributed by atoms with Crippen molar-refractivity contribution in [2.45, 2.75) is 26.1 Å². The van der Waals surface area contributed by atoms with Gasteiger partial charge in [0.2, 0.25) is 5.91 Å². The zero-order valence-corrected chi connectivity index (χ0v) is 15.6. The van der Waals surface area contributed by atoms with Crippen LogP contribution in [-0.4, -0.2) is 52.4 Å². The second-order valence-electron chi connectivity index (χ2n) is 6.24. The summed E-state index contributed by atoms with van der Waals surface area (Å²) in [6, 6.07) is 6.90. The highest BCUT2D eigenvalue weighted by atomic mass is 35.5. The third-order valence-electron chi connectivity index (χ3n) is 3.88. The van der Waals surface area contributed by atoms with Gasteiger partial charge in [-0.05, 0) is 32.0 Å². The number of aromatic nitrogens is 2. The van der Waals surface area contributed by atoms with Crippen LogP contribution in [0.3, 0.4) is 0 Å². The van der Waals surface area contributed by atoms with Gasteiger partial charge in [0.1, 0.15) is 0 Å². The Morgan fingerprint density at radius 1 is 1.28 bits per heavy atom. The second-order valence-corrected chi connectivity index (χ2v) is 7.08. The van der Waals surface area contributed by atoms with Gasteiger partial charge in [0.15, 0.2) is 5.82 Å². The molecule has 0 bridgehead atoms. The summed E-state index contributed by atoms with van der Waals surface area (Å²) in [5.74, 6) is 0.374. The Labute approximate surface area is 156 Å². The number of amides is 1. The first kappa shape index (κ1) is 18.2. The molecular weight excluding hydrogens is 363 g/mol. The SMILES string of the molecule is CC1CN(CC(=O)Nc2ccn(-c3ccc(Cl)cc3Cl)n2)CC(C)O1. The van der Waals surface area contributed by atoms with Crippen LogP contribution in [0.15, 0.2) is 30.5 Å². The van der Waals surface area contributed by atoms with Crippen LogP contribution in [0.1, 0.15) is 13.8 Å². The Balaban J connectivity index is 1.62. The Hall–Kier alpha value is -1.60. The third-order valence-corrected chi connectivity index (χ3v) is 4.41. The molecule has 3 rings (SSSR count). The molecule has 1 aliphatic rings. The van der Waals surface area contributed by atoms with E-state index in [0.717, 1.165) is 13.1 Å². The van der Waals surface area contributed by atoms with Crippen LogP contribution in [-0.2, 0) is 9.53 Å². The summed E-state index contributed by atoms with van der Waals surface area (Å²) < 4.78 is 7.28. The monoisotopic (exact) mass is 382 g/mol. The minimum atomic E-state index is -0.103. The van der Waals surface area contributed by atoms with Gasteiger partial charge in [-0.15, -0.1) is 0 Å². The number of carbonyl (C=O) groups is 1. The molecule has 25 heavy (non-hydrogen) atoms. The molecule has 134 valence electrons. The van der Waals surface area contributed by atoms with Gasteiger partial charge >= 0.3 is 0 Å². The van der Waals surface area contributed by atoms with Crippen molar-refractivity contribution in [3.8, 4) is 5.69 Å². The van der Waals surface area contributed by atoms with Crippen molar-refractivity contribution in [1.82, 2.24) is 14.7 Å². The Morgan fingerprint density at radius 3 is 2.68 bits per heavy atom. The van der Waals surface area contributed by atoms with Gasteiger partial charge in [0.05, 0.1) is 29.5 Å². The molecule has 1 fully saturated rings. The maximum Gasteiger partial charge on any atom is 0.239 e. The number of carbonyl (C=O) groups excluding carboxylic acids is 1. The number of hydrogen-bond acceptors (Lipinski definition) is 4. The van der Waals surface area contributed by atoms with E-state index in [4.69, 9.17) is 27.9 Å². The zero-order valence-electron chi connectivity index (χ0n) is 14.1. The van der Waals surface area contributed by atoms with Crippen molar-refractivity contribution < 1.29 is 9.53 Å². The van der Waals surface area contributed by atoms with E-state index >= 15 is 0 Å². The van der Waals surface area contributed by atoms with E-state index in [-0.39, 0.29) is 18.1 Å². The van der Waals surface area contributed by atoms with E-state index < -0.39 is 0 Å². The van der Waals surface area contributed by atoms with Gasteiger partial charge in [0.25, 0.3) is 0 Å². The molecule has 6 nitrogen and oxygen atoms in total. The summed E-state index contributed by atoms with van der Waals surface area (Å²) in [5, 5.41) is 8.21. The number of nitrogens with one attached hydrogen (secondary N) is 1. The third kappa shape index (κ3) is 4.73. The molecule has 8 heteroatoms. The largest absolute Gasteiger partial charge is 0.373 e. The minimum absolute atomic E-state index is 0.103. The molecule has 1 aromatic heterocycles. The molecule has 1 saturated heterocycles. The van der Waals surface area contributed by atoms with Crippen LogP contribution < -0.4 is 5.32 Å². The molecule has 0 radical (unpaired) electrons. The zero-order chi connectivity index (χ0) is 18.0. The predicted octanol–water partition coefficient (Wildman–Crippen LogP) is 3.23. The number of rotatable bonds is 4. The number of halogens is 2. The first-order valence-electron chi connectivity index (χ1n) is 8.09. The average molecular weight is 383 g/mol. The summed E-state index contributed by atoms with van der Waals surface area (Å²) in [6.07, 6.45) is 1.99. The molecule has 0 aliphatic carbocycles. The molecule has 1 aliphatic heterocycles. The molecule has 0 saturated carbocycles. The van der Waals surface area contributed by atoms with Crippen LogP contribution in [0.5, 0.6) is 0 Å². The maximum atomic E-state index is 12.3. The lowest BCUT2D eigenvalue weighted by Gasteiger charge is -2.34. The first-order valence-corrected chi connectivity index (χ1v) is 8.85. The normalized spacial score (nSPS) is 21.3. The number of nitrogens with zero attached hydrogens (tertiary/aromatic N) is 3. The molecule has 1 amide bonds. The molecule has 1 aromatic carbocycles. The Bertz CT molecular complexity index is 755. The van der Waals surface area contributed by atoms with E-state index in [0.29, 0.717) is 28.1 Å². The van der Waals surface area contributed by atoms with Gasteiger partial charge in [-0.3, -0.25) is 9.69 Å². The van der Waals surface area contributed by atoms with Gasteiger partial charge in [-0.2, -0.15) is 5.10 Å². The minimum Gasteiger partial charge on any atom is -0.373 e. The van der Waals surface area contributed by atoms with Crippen molar-refractivity contribution in [3.63, 3.8) is 0 Å². The van der Waals surface area contributed by atoms with Gasteiger partial charge in [-0.1, -0.05) is 23.2 Å². The van der Waals surface area contributed by atoms with Crippen molar-refractivity contribution in [2.75, 3.05) is 25.0 Å². The smallest absolute Gasteiger partial charge is 0.239 e. The van der Waals surface area contributed by atoms with E-state index in [1.54, 1.807) is 35.1 Å². The fourth-order valence-electron chi connectivity index (χ4n) is 2.99. The van der Waals surface area contributed by atoms with E-state index in [9.17, 15) is 4.79 Å². The van der Waals surface area contributed by atoms with Crippen LogP contribution in [0, 0.1) is 0 Å². The van der Waals surface area contributed by atoms with Crippen LogP contribution in [0.4, 0.5) is 5.82 Å². The summed E-state index contributed by atoms with van der Waals surface area (Å²) in [5.41, 5.74) is 0.697. The lowest BCUT2D eigenvalue weighted by atomic mass is 10.2. The fraction of sp³-hybridized carbons (Fsp3) is 0.412. The Kier molecular flexibility index (Phi) is 5.64. The molecular formula is C17H20Cl2N4O2. The van der Waals surface area contributed by atoms with Crippen LogP contribution >= 0.6 is 23.2 Å². The quantitative estimate of drug-likeness (QED) is 0.881. The summed E-state index contributed by atoms with van der Waals surface area (Å²) in [7, 11) is 0. The summed E-state index contributed by atoms with van der Waals surface area (Å²) >= 11 is 12.1. The van der Waals surface area contributed by atoms with Gasteiger partial charge in [-0.25, -0.2) is 4.68 Å². The topological polar surface area (TPSA) is 59.4 Å². The highest BCUT2D eigenvalue weighted by Crippen LogP contribution is 2.24. The predicted molar refractivity (Wildman–Crippen MR) is 98.7 cm³/mol. The molecule has 0 spiro atoms. The molecule has 2 aromatic rings. The molecule has 1 N–H and O–H groups in total. The fourth-order valence-corrected chi connectivity index (χ4v) is 3.49. The number of hydrogen-bond donors (Lipinski definition) is 1. The summed E-state index contributed by atoms with van der Waals surface area (Å²) in [6.45, 7) is 5.82. The highest BCUT2D eigenvalue weighted by Gasteiger charge is 2.23. The van der Waals surface area contributed by atoms with Crippen molar-refractivity contribution >= 4 is 34.9 Å². The summed E-state index contributed by atoms with van der Waals surface area (Å²) in [4.78, 5) is 14.3. The van der Waals surface area contributed by atoms with E-state index in [2.05, 4.69) is 15.3 Å². The number of benzene rings is 1. The standard InChI is InChI=1S/C17H20Cl2N4O2/c1-11-8-22(9-12(2)25-11)10-17(24)20-16-5-6-23(21-16)15-4-3-13(18)7-14(15)19/h3-7,11-12H,8-10H2,1-2H3,(H,20,21,24). The Morgan fingerprint density at radius 2 is 2.00 bits per heavy atom. The number of anilines is 1.